The summed E-state index contributed by atoms with van der Waals surface area (Å²) in [5.41, 5.74) is 0.812. The van der Waals surface area contributed by atoms with Gasteiger partial charge in [-0.15, -0.1) is 0 Å². The summed E-state index contributed by atoms with van der Waals surface area (Å²) in [6.45, 7) is 0.431. The first-order valence-electron chi connectivity index (χ1n) is 8.93. The summed E-state index contributed by atoms with van der Waals surface area (Å²) in [5, 5.41) is 11.2. The van der Waals surface area contributed by atoms with Crippen molar-refractivity contribution in [3.63, 3.8) is 0 Å². The number of ketones is 1. The van der Waals surface area contributed by atoms with Crippen LogP contribution < -0.4 is 9.47 Å². The minimum atomic E-state index is -0.789. The van der Waals surface area contributed by atoms with Crippen LogP contribution in [0.15, 0.2) is 48.3 Å². The Labute approximate surface area is 168 Å². The van der Waals surface area contributed by atoms with E-state index in [2.05, 4.69) is 4.98 Å². The van der Waals surface area contributed by atoms with Crippen molar-refractivity contribution >= 4 is 17.4 Å². The summed E-state index contributed by atoms with van der Waals surface area (Å²) >= 11 is 0. The van der Waals surface area contributed by atoms with E-state index in [-0.39, 0.29) is 30.0 Å². The molecule has 29 heavy (non-hydrogen) atoms. The second-order valence-corrected chi connectivity index (χ2v) is 6.30. The Balaban J connectivity index is 2.25. The Morgan fingerprint density at radius 3 is 2.24 bits per heavy atom. The summed E-state index contributed by atoms with van der Waals surface area (Å²) < 4.78 is 15.8. The number of benzene rings is 1. The number of hydrogen-bond acceptors (Lipinski definition) is 7. The number of ether oxygens (including phenoxy) is 3. The third-order valence-electron chi connectivity index (χ3n) is 4.76. The Bertz CT molecular complexity index is 919. The average molecular weight is 398 g/mol. The smallest absolute Gasteiger partial charge is 0.295 e. The lowest BCUT2D eigenvalue weighted by molar-refractivity contribution is -0.140. The van der Waals surface area contributed by atoms with Crippen molar-refractivity contribution in [3.05, 3.63) is 59.4 Å². The second kappa shape index (κ2) is 8.74. The number of aromatic nitrogens is 1. The Morgan fingerprint density at radius 1 is 1.07 bits per heavy atom. The summed E-state index contributed by atoms with van der Waals surface area (Å²) in [4.78, 5) is 31.1. The lowest BCUT2D eigenvalue weighted by atomic mass is 9.95. The minimum absolute atomic E-state index is 0.0416. The monoisotopic (exact) mass is 398 g/mol. The van der Waals surface area contributed by atoms with Gasteiger partial charge in [-0.1, -0.05) is 6.07 Å². The molecule has 8 nitrogen and oxygen atoms in total. The van der Waals surface area contributed by atoms with Gasteiger partial charge < -0.3 is 24.2 Å². The maximum Gasteiger partial charge on any atom is 0.295 e. The van der Waals surface area contributed by atoms with Crippen molar-refractivity contribution in [3.8, 4) is 11.5 Å². The minimum Gasteiger partial charge on any atom is -0.506 e. The lowest BCUT2D eigenvalue weighted by Gasteiger charge is -2.25. The van der Waals surface area contributed by atoms with Crippen LogP contribution in [0.25, 0.3) is 5.76 Å². The molecule has 1 atom stereocenters. The van der Waals surface area contributed by atoms with Crippen LogP contribution >= 0.6 is 0 Å². The summed E-state index contributed by atoms with van der Waals surface area (Å²) in [6.07, 6.45) is 3.13. The normalized spacial score (nSPS) is 18.2. The molecule has 1 saturated heterocycles. The van der Waals surface area contributed by atoms with Crippen molar-refractivity contribution in [1.82, 2.24) is 9.88 Å². The second-order valence-electron chi connectivity index (χ2n) is 6.30. The van der Waals surface area contributed by atoms with E-state index in [0.29, 0.717) is 17.1 Å². The Kier molecular flexibility index (Phi) is 6.13. The van der Waals surface area contributed by atoms with Crippen molar-refractivity contribution in [1.29, 1.82) is 0 Å². The number of aliphatic hydroxyl groups is 1. The van der Waals surface area contributed by atoms with Crippen LogP contribution in [0.5, 0.6) is 11.5 Å². The molecule has 0 bridgehead atoms. The van der Waals surface area contributed by atoms with Crippen molar-refractivity contribution in [2.24, 2.45) is 0 Å². The van der Waals surface area contributed by atoms with Gasteiger partial charge in [-0.05, 0) is 29.8 Å². The molecule has 1 aliphatic heterocycles. The number of amides is 1. The number of hydrogen-bond donors (Lipinski definition) is 1. The molecule has 1 unspecified atom stereocenters. The zero-order valence-electron chi connectivity index (χ0n) is 16.4. The number of methoxy groups -OCH3 is 3. The van der Waals surface area contributed by atoms with Crippen LogP contribution in [0.2, 0.25) is 0 Å². The molecule has 152 valence electrons. The predicted molar refractivity (Wildman–Crippen MR) is 105 cm³/mol. The van der Waals surface area contributed by atoms with Gasteiger partial charge in [0.1, 0.15) is 22.8 Å². The van der Waals surface area contributed by atoms with Crippen LogP contribution in [-0.2, 0) is 14.3 Å². The summed E-state index contributed by atoms with van der Waals surface area (Å²) in [6, 6.07) is 7.58. The first kappa shape index (κ1) is 20.3. The Morgan fingerprint density at radius 2 is 1.69 bits per heavy atom. The standard InChI is InChI=1S/C21H22N2O6/c1-27-12-11-23-18(13-7-9-22-10-8-13)17(20(25)21(23)26)19(24)16-14(28-2)5-4-6-15(16)29-3/h4-10,18,24H,11-12H2,1-3H3/b19-17+. The van der Waals surface area contributed by atoms with Crippen LogP contribution in [-0.4, -0.2) is 61.2 Å². The van der Waals surface area contributed by atoms with Crippen molar-refractivity contribution in [2.75, 3.05) is 34.5 Å². The van der Waals surface area contributed by atoms with E-state index in [1.54, 1.807) is 42.7 Å². The van der Waals surface area contributed by atoms with Crippen molar-refractivity contribution < 1.29 is 28.9 Å². The highest BCUT2D eigenvalue weighted by molar-refractivity contribution is 6.46. The summed E-state index contributed by atoms with van der Waals surface area (Å²) in [7, 11) is 4.41. The molecule has 2 heterocycles. The van der Waals surface area contributed by atoms with Crippen LogP contribution in [0.1, 0.15) is 17.2 Å². The van der Waals surface area contributed by atoms with Gasteiger partial charge in [0.25, 0.3) is 11.7 Å². The lowest BCUT2D eigenvalue weighted by Crippen LogP contribution is -2.32. The van der Waals surface area contributed by atoms with E-state index < -0.39 is 17.7 Å². The topological polar surface area (TPSA) is 98.2 Å². The molecule has 2 aromatic rings. The van der Waals surface area contributed by atoms with E-state index in [0.717, 1.165) is 0 Å². The zero-order chi connectivity index (χ0) is 21.0. The molecule has 0 aliphatic carbocycles. The Hall–Kier alpha value is -3.39. The van der Waals surface area contributed by atoms with E-state index in [4.69, 9.17) is 14.2 Å². The number of carbonyl (C=O) groups is 2. The quantitative estimate of drug-likeness (QED) is 0.434. The molecule has 1 N–H and O–H groups in total. The molecule has 3 rings (SSSR count). The largest absolute Gasteiger partial charge is 0.506 e. The van der Waals surface area contributed by atoms with E-state index in [1.165, 1.54) is 26.2 Å². The SMILES string of the molecule is COCCN1C(=O)C(=O)/C(=C(/O)c2c(OC)cccc2OC)C1c1ccncc1. The highest BCUT2D eigenvalue weighted by Gasteiger charge is 2.46. The molecular weight excluding hydrogens is 376 g/mol. The number of Topliss-reactive ketones (excluding diaryl/α,β-unsaturated/α-hetero) is 1. The number of likely N-dealkylation sites (tertiary alicyclic amines) is 1. The predicted octanol–water partition coefficient (Wildman–Crippen LogP) is 2.17. The number of aliphatic hydroxyl groups excluding tert-OH is 1. The fraction of sp³-hybridized carbons (Fsp3) is 0.286. The molecule has 8 heteroatoms. The highest BCUT2D eigenvalue weighted by atomic mass is 16.5. The first-order valence-corrected chi connectivity index (χ1v) is 8.93. The van der Waals surface area contributed by atoms with Gasteiger partial charge >= 0.3 is 0 Å². The number of carbonyl (C=O) groups excluding carboxylic acids is 2. The van der Waals surface area contributed by atoms with Gasteiger partial charge in [0.15, 0.2) is 0 Å². The molecule has 1 aliphatic rings. The van der Waals surface area contributed by atoms with Gasteiger partial charge in [-0.25, -0.2) is 0 Å². The third kappa shape index (κ3) is 3.66. The van der Waals surface area contributed by atoms with Gasteiger partial charge in [-0.3, -0.25) is 14.6 Å². The van der Waals surface area contributed by atoms with E-state index in [9.17, 15) is 14.7 Å². The first-order chi connectivity index (χ1) is 14.0. The summed E-state index contributed by atoms with van der Waals surface area (Å²) in [5.74, 6) is -1.22. The average Bonchev–Trinajstić information content (AvgIpc) is 3.01. The van der Waals surface area contributed by atoms with Crippen molar-refractivity contribution in [2.45, 2.75) is 6.04 Å². The van der Waals surface area contributed by atoms with Gasteiger partial charge in [0.2, 0.25) is 0 Å². The fourth-order valence-electron chi connectivity index (χ4n) is 3.41. The van der Waals surface area contributed by atoms with Crippen LogP contribution in [0.4, 0.5) is 0 Å². The van der Waals surface area contributed by atoms with E-state index in [1.807, 2.05) is 0 Å². The molecule has 0 saturated carbocycles. The number of nitrogens with zero attached hydrogens (tertiary/aromatic N) is 2. The molecule has 1 amide bonds. The van der Waals surface area contributed by atoms with Crippen LogP contribution in [0.3, 0.4) is 0 Å². The fourth-order valence-corrected chi connectivity index (χ4v) is 3.41. The zero-order valence-corrected chi connectivity index (χ0v) is 16.4. The molecule has 1 fully saturated rings. The molecule has 0 radical (unpaired) electrons. The molecule has 1 aromatic carbocycles. The number of pyridine rings is 1. The third-order valence-corrected chi connectivity index (χ3v) is 4.76. The maximum absolute atomic E-state index is 12.9. The molecule has 0 spiro atoms. The highest BCUT2D eigenvalue weighted by Crippen LogP contribution is 2.43. The maximum atomic E-state index is 12.9. The van der Waals surface area contributed by atoms with Gasteiger partial charge in [0, 0.05) is 26.0 Å². The van der Waals surface area contributed by atoms with Gasteiger partial charge in [0.05, 0.1) is 32.4 Å². The molecule has 1 aromatic heterocycles. The van der Waals surface area contributed by atoms with Crippen LogP contribution in [0, 0.1) is 0 Å². The van der Waals surface area contributed by atoms with Gasteiger partial charge in [-0.2, -0.15) is 0 Å². The number of rotatable bonds is 7. The van der Waals surface area contributed by atoms with E-state index >= 15 is 0 Å². The molecular formula is C21H22N2O6.